The third kappa shape index (κ3) is 1.16. The van der Waals surface area contributed by atoms with E-state index in [9.17, 15) is 14.7 Å². The first-order valence-corrected chi connectivity index (χ1v) is 6.18. The van der Waals surface area contributed by atoms with Crippen molar-refractivity contribution in [2.45, 2.75) is 44.6 Å². The fraction of sp³-hybridized carbons (Fsp3) is 0.833. The highest BCUT2D eigenvalue weighted by molar-refractivity contribution is 6.03. The number of likely N-dealkylation sites (tertiary alicyclic amines) is 1. The molecule has 1 N–H and O–H groups in total. The molecule has 88 valence electrons. The Balaban J connectivity index is 1.80. The average Bonchev–Trinajstić information content (AvgIpc) is 2.75. The van der Waals surface area contributed by atoms with E-state index in [2.05, 4.69) is 0 Å². The van der Waals surface area contributed by atoms with Gasteiger partial charge in [0.25, 0.3) is 0 Å². The van der Waals surface area contributed by atoms with E-state index < -0.39 is 11.4 Å². The van der Waals surface area contributed by atoms with Crippen molar-refractivity contribution in [3.63, 3.8) is 0 Å². The lowest BCUT2D eigenvalue weighted by atomic mass is 9.67. The van der Waals surface area contributed by atoms with E-state index in [-0.39, 0.29) is 5.91 Å². The molecule has 3 rings (SSSR count). The van der Waals surface area contributed by atoms with Crippen molar-refractivity contribution in [1.29, 1.82) is 0 Å². The number of aliphatic carboxylic acids is 1. The predicted octanol–water partition coefficient (Wildman–Crippen LogP) is 1.25. The van der Waals surface area contributed by atoms with Gasteiger partial charge in [-0.2, -0.15) is 0 Å². The molecule has 0 aromatic heterocycles. The Morgan fingerprint density at radius 3 is 2.38 bits per heavy atom. The van der Waals surface area contributed by atoms with Crippen molar-refractivity contribution in [3.8, 4) is 0 Å². The molecule has 3 aliphatic rings. The number of rotatable bonds is 2. The SMILES string of the molecule is O=C(O)C1(C(=O)N2CC3CCC2C3)CCC1. The number of nitrogens with zero attached hydrogens (tertiary/aromatic N) is 1. The molecule has 0 spiro atoms. The van der Waals surface area contributed by atoms with E-state index in [1.165, 1.54) is 6.42 Å². The van der Waals surface area contributed by atoms with Gasteiger partial charge in [0, 0.05) is 12.6 Å². The topological polar surface area (TPSA) is 57.6 Å². The van der Waals surface area contributed by atoms with Gasteiger partial charge >= 0.3 is 5.97 Å². The molecule has 2 bridgehead atoms. The molecule has 2 saturated carbocycles. The van der Waals surface area contributed by atoms with Gasteiger partial charge in [-0.05, 0) is 38.0 Å². The average molecular weight is 223 g/mol. The molecule has 1 heterocycles. The lowest BCUT2D eigenvalue weighted by Gasteiger charge is -2.41. The second-order valence-electron chi connectivity index (χ2n) is 5.53. The van der Waals surface area contributed by atoms with Crippen molar-refractivity contribution < 1.29 is 14.7 Å². The number of carbonyl (C=O) groups excluding carboxylic acids is 1. The largest absolute Gasteiger partial charge is 0.480 e. The second kappa shape index (κ2) is 3.22. The number of fused-ring (bicyclic) bond motifs is 2. The zero-order valence-electron chi connectivity index (χ0n) is 9.32. The van der Waals surface area contributed by atoms with Crippen LogP contribution in [0.15, 0.2) is 0 Å². The van der Waals surface area contributed by atoms with Gasteiger partial charge in [-0.15, -0.1) is 0 Å². The maximum absolute atomic E-state index is 12.3. The van der Waals surface area contributed by atoms with Gasteiger partial charge < -0.3 is 10.0 Å². The molecular weight excluding hydrogens is 206 g/mol. The van der Waals surface area contributed by atoms with Crippen LogP contribution in [-0.4, -0.2) is 34.5 Å². The minimum absolute atomic E-state index is 0.0987. The number of carboxylic acid groups (broad SMARTS) is 1. The second-order valence-corrected chi connectivity index (χ2v) is 5.53. The van der Waals surface area contributed by atoms with Gasteiger partial charge in [0.15, 0.2) is 0 Å². The fourth-order valence-corrected chi connectivity index (χ4v) is 3.50. The molecule has 2 unspecified atom stereocenters. The summed E-state index contributed by atoms with van der Waals surface area (Å²) in [6, 6.07) is 0.342. The van der Waals surface area contributed by atoms with Crippen molar-refractivity contribution >= 4 is 11.9 Å². The maximum atomic E-state index is 12.3. The molecule has 4 heteroatoms. The van der Waals surface area contributed by atoms with Crippen molar-refractivity contribution in [3.05, 3.63) is 0 Å². The highest BCUT2D eigenvalue weighted by Crippen LogP contribution is 2.46. The normalized spacial score (nSPS) is 34.9. The molecule has 1 amide bonds. The maximum Gasteiger partial charge on any atom is 0.319 e. The zero-order chi connectivity index (χ0) is 11.3. The van der Waals surface area contributed by atoms with E-state index in [0.717, 1.165) is 25.8 Å². The molecule has 0 aromatic carbocycles. The van der Waals surface area contributed by atoms with Crippen LogP contribution >= 0.6 is 0 Å². The van der Waals surface area contributed by atoms with Crippen LogP contribution in [0.2, 0.25) is 0 Å². The van der Waals surface area contributed by atoms with E-state index in [1.807, 2.05) is 4.90 Å². The fourth-order valence-electron chi connectivity index (χ4n) is 3.50. The van der Waals surface area contributed by atoms with Gasteiger partial charge in [0.05, 0.1) is 0 Å². The van der Waals surface area contributed by atoms with Crippen LogP contribution in [0.3, 0.4) is 0 Å². The minimum Gasteiger partial charge on any atom is -0.480 e. The zero-order valence-corrected chi connectivity index (χ0v) is 9.32. The van der Waals surface area contributed by atoms with E-state index in [0.29, 0.717) is 24.8 Å². The summed E-state index contributed by atoms with van der Waals surface area (Å²) in [7, 11) is 0. The van der Waals surface area contributed by atoms with E-state index >= 15 is 0 Å². The molecule has 1 aliphatic heterocycles. The summed E-state index contributed by atoms with van der Waals surface area (Å²) in [4.78, 5) is 25.4. The molecule has 0 radical (unpaired) electrons. The number of hydrogen-bond donors (Lipinski definition) is 1. The standard InChI is InChI=1S/C12H17NO3/c14-10(12(11(15)16)4-1-5-12)13-7-8-2-3-9(13)6-8/h8-9H,1-7H2,(H,15,16). The first-order valence-electron chi connectivity index (χ1n) is 6.18. The lowest BCUT2D eigenvalue weighted by Crippen LogP contribution is -2.54. The third-order valence-corrected chi connectivity index (χ3v) is 4.70. The number of carbonyl (C=O) groups is 2. The van der Waals surface area contributed by atoms with Crippen LogP contribution in [0.5, 0.6) is 0 Å². The summed E-state index contributed by atoms with van der Waals surface area (Å²) < 4.78 is 0. The molecular formula is C12H17NO3. The molecule has 2 atom stereocenters. The third-order valence-electron chi connectivity index (χ3n) is 4.70. The van der Waals surface area contributed by atoms with Gasteiger partial charge in [-0.25, -0.2) is 0 Å². The molecule has 4 nitrogen and oxygen atoms in total. The summed E-state index contributed by atoms with van der Waals surface area (Å²) >= 11 is 0. The van der Waals surface area contributed by atoms with Crippen molar-refractivity contribution in [2.75, 3.05) is 6.54 Å². The molecule has 0 aromatic rings. The van der Waals surface area contributed by atoms with E-state index in [1.54, 1.807) is 0 Å². The van der Waals surface area contributed by atoms with Crippen LogP contribution < -0.4 is 0 Å². The van der Waals surface area contributed by atoms with Gasteiger partial charge in [0.2, 0.25) is 5.91 Å². The van der Waals surface area contributed by atoms with Crippen LogP contribution in [-0.2, 0) is 9.59 Å². The number of carboxylic acids is 1. The van der Waals surface area contributed by atoms with Crippen molar-refractivity contribution in [1.82, 2.24) is 4.90 Å². The Morgan fingerprint density at radius 1 is 1.25 bits per heavy atom. The van der Waals surface area contributed by atoms with Crippen LogP contribution in [0, 0.1) is 11.3 Å². The Kier molecular flexibility index (Phi) is 2.03. The van der Waals surface area contributed by atoms with Crippen LogP contribution in [0.25, 0.3) is 0 Å². The predicted molar refractivity (Wildman–Crippen MR) is 56.8 cm³/mol. The van der Waals surface area contributed by atoms with Gasteiger partial charge in [-0.1, -0.05) is 6.42 Å². The molecule has 1 saturated heterocycles. The van der Waals surface area contributed by atoms with Crippen molar-refractivity contribution in [2.24, 2.45) is 11.3 Å². The Bertz CT molecular complexity index is 348. The summed E-state index contributed by atoms with van der Waals surface area (Å²) in [5.74, 6) is -0.371. The van der Waals surface area contributed by atoms with E-state index in [4.69, 9.17) is 0 Å². The summed E-state index contributed by atoms with van der Waals surface area (Å²) in [5, 5.41) is 9.24. The first-order chi connectivity index (χ1) is 7.63. The smallest absolute Gasteiger partial charge is 0.319 e. The molecule has 3 fully saturated rings. The Morgan fingerprint density at radius 2 is 2.00 bits per heavy atom. The highest BCUT2D eigenvalue weighted by Gasteiger charge is 2.55. The summed E-state index contributed by atoms with van der Waals surface area (Å²) in [6.45, 7) is 0.804. The molecule has 16 heavy (non-hydrogen) atoms. The lowest BCUT2D eigenvalue weighted by molar-refractivity contribution is -0.168. The monoisotopic (exact) mass is 223 g/mol. The quantitative estimate of drug-likeness (QED) is 0.717. The molecule has 2 aliphatic carbocycles. The number of amides is 1. The minimum atomic E-state index is -1.05. The highest BCUT2D eigenvalue weighted by atomic mass is 16.4. The van der Waals surface area contributed by atoms with Crippen LogP contribution in [0.1, 0.15) is 38.5 Å². The van der Waals surface area contributed by atoms with Crippen LogP contribution in [0.4, 0.5) is 0 Å². The number of hydrogen-bond acceptors (Lipinski definition) is 2. The number of piperidine rings is 1. The Hall–Kier alpha value is -1.06. The Labute approximate surface area is 94.6 Å². The first kappa shape index (κ1) is 10.1. The summed E-state index contributed by atoms with van der Waals surface area (Å²) in [6.07, 6.45) is 5.34. The van der Waals surface area contributed by atoms with Gasteiger partial charge in [0.1, 0.15) is 5.41 Å². The summed E-state index contributed by atoms with van der Waals surface area (Å²) in [5.41, 5.74) is -1.05. The van der Waals surface area contributed by atoms with Gasteiger partial charge in [-0.3, -0.25) is 9.59 Å².